The van der Waals surface area contributed by atoms with Gasteiger partial charge in [-0.05, 0) is 22.8 Å². The average molecular weight is 440 g/mol. The van der Waals surface area contributed by atoms with Crippen molar-refractivity contribution in [2.75, 3.05) is 13.7 Å². The average Bonchev–Trinajstić information content (AvgIpc) is 2.89. The zero-order valence-electron chi connectivity index (χ0n) is 18.7. The molecule has 4 aromatic carbocycles. The van der Waals surface area contributed by atoms with Crippen molar-refractivity contribution in [2.45, 2.75) is 18.7 Å². The van der Waals surface area contributed by atoms with Crippen molar-refractivity contribution in [3.63, 3.8) is 0 Å². The summed E-state index contributed by atoms with van der Waals surface area (Å²) < 4.78 is 11.8. The van der Waals surface area contributed by atoms with Crippen LogP contribution in [0.4, 0.5) is 0 Å². The van der Waals surface area contributed by atoms with Crippen LogP contribution in [0.5, 0.6) is 5.75 Å². The van der Waals surface area contributed by atoms with E-state index in [9.17, 15) is 5.21 Å². The van der Waals surface area contributed by atoms with Gasteiger partial charge in [0.05, 0.1) is 32.4 Å². The van der Waals surface area contributed by atoms with E-state index in [1.165, 1.54) is 5.06 Å². The molecular weight excluding hydrogens is 410 g/mol. The van der Waals surface area contributed by atoms with Gasteiger partial charge in [-0.15, -0.1) is 0 Å². The Kier molecular flexibility index (Phi) is 7.88. The van der Waals surface area contributed by atoms with Crippen molar-refractivity contribution in [3.8, 4) is 5.75 Å². The summed E-state index contributed by atoms with van der Waals surface area (Å²) in [6, 6.07) is 37.0. The highest BCUT2D eigenvalue weighted by atomic mass is 16.5. The SMILES string of the molecule is COc1ccccc1[C@@H](c1ccccc1)N(O)[C@@H](COCc1ccccc1)c1ccccc1. The molecule has 0 amide bonds. The maximum atomic E-state index is 11.7. The first kappa shape index (κ1) is 22.7. The lowest BCUT2D eigenvalue weighted by Gasteiger charge is -2.34. The molecule has 0 bridgehead atoms. The molecule has 2 atom stereocenters. The van der Waals surface area contributed by atoms with Gasteiger partial charge >= 0.3 is 0 Å². The predicted octanol–water partition coefficient (Wildman–Crippen LogP) is 6.43. The normalized spacial score (nSPS) is 12.9. The van der Waals surface area contributed by atoms with Crippen molar-refractivity contribution < 1.29 is 14.7 Å². The third-order valence-corrected chi connectivity index (χ3v) is 5.70. The molecule has 0 heterocycles. The standard InChI is InChI=1S/C29H29NO3/c1-32-28-20-12-11-19-26(28)29(25-17-9-4-10-18-25)30(31)27(24-15-7-3-8-16-24)22-33-21-23-13-5-2-6-14-23/h2-20,27,29,31H,21-22H2,1H3/t27-,29+/m0/s1. The Morgan fingerprint density at radius 3 is 1.88 bits per heavy atom. The van der Waals surface area contributed by atoms with E-state index in [1.807, 2.05) is 115 Å². The lowest BCUT2D eigenvalue weighted by atomic mass is 9.95. The molecule has 0 aliphatic carbocycles. The molecule has 0 aromatic heterocycles. The monoisotopic (exact) mass is 439 g/mol. The molecule has 0 fully saturated rings. The van der Waals surface area contributed by atoms with Crippen molar-refractivity contribution in [3.05, 3.63) is 138 Å². The van der Waals surface area contributed by atoms with Gasteiger partial charge in [-0.2, -0.15) is 5.06 Å². The van der Waals surface area contributed by atoms with E-state index in [-0.39, 0.29) is 6.04 Å². The molecule has 4 heteroatoms. The fraction of sp³-hybridized carbons (Fsp3) is 0.172. The van der Waals surface area contributed by atoms with Gasteiger partial charge in [-0.25, -0.2) is 0 Å². The third kappa shape index (κ3) is 5.68. The number of nitrogens with zero attached hydrogens (tertiary/aromatic N) is 1. The number of hydrogen-bond acceptors (Lipinski definition) is 4. The van der Waals surface area contributed by atoms with Crippen LogP contribution in [0.1, 0.15) is 34.3 Å². The summed E-state index contributed by atoms with van der Waals surface area (Å²) >= 11 is 0. The lowest BCUT2D eigenvalue weighted by Crippen LogP contribution is -2.33. The topological polar surface area (TPSA) is 41.9 Å². The maximum Gasteiger partial charge on any atom is 0.124 e. The predicted molar refractivity (Wildman–Crippen MR) is 130 cm³/mol. The number of rotatable bonds is 10. The first-order chi connectivity index (χ1) is 16.3. The van der Waals surface area contributed by atoms with Gasteiger partial charge in [-0.1, -0.05) is 109 Å². The summed E-state index contributed by atoms with van der Waals surface area (Å²) in [7, 11) is 1.65. The van der Waals surface area contributed by atoms with Crippen LogP contribution in [0.15, 0.2) is 115 Å². The van der Waals surface area contributed by atoms with Gasteiger partial charge in [0.25, 0.3) is 0 Å². The number of hydrogen-bond donors (Lipinski definition) is 1. The summed E-state index contributed by atoms with van der Waals surface area (Å²) in [5.74, 6) is 0.724. The van der Waals surface area contributed by atoms with Crippen LogP contribution in [0.25, 0.3) is 0 Å². The molecule has 4 nitrogen and oxygen atoms in total. The Morgan fingerprint density at radius 1 is 0.697 bits per heavy atom. The van der Waals surface area contributed by atoms with Crippen molar-refractivity contribution in [2.24, 2.45) is 0 Å². The van der Waals surface area contributed by atoms with E-state index in [2.05, 4.69) is 0 Å². The van der Waals surface area contributed by atoms with Crippen LogP contribution in [0.3, 0.4) is 0 Å². The van der Waals surface area contributed by atoms with Crippen molar-refractivity contribution >= 4 is 0 Å². The molecule has 0 aliphatic rings. The largest absolute Gasteiger partial charge is 0.496 e. The molecule has 4 rings (SSSR count). The molecule has 0 radical (unpaired) electrons. The number of hydroxylamine groups is 2. The maximum absolute atomic E-state index is 11.7. The molecule has 0 spiro atoms. The second-order valence-electron chi connectivity index (χ2n) is 7.86. The van der Waals surface area contributed by atoms with Gasteiger partial charge in [0.2, 0.25) is 0 Å². The molecule has 1 N–H and O–H groups in total. The van der Waals surface area contributed by atoms with Crippen LogP contribution in [0.2, 0.25) is 0 Å². The lowest BCUT2D eigenvalue weighted by molar-refractivity contribution is -0.169. The fourth-order valence-corrected chi connectivity index (χ4v) is 4.05. The van der Waals surface area contributed by atoms with E-state index in [4.69, 9.17) is 9.47 Å². The van der Waals surface area contributed by atoms with Gasteiger partial charge in [0.15, 0.2) is 0 Å². The van der Waals surface area contributed by atoms with E-state index >= 15 is 0 Å². The van der Waals surface area contributed by atoms with Crippen LogP contribution in [-0.2, 0) is 11.3 Å². The third-order valence-electron chi connectivity index (χ3n) is 5.70. The zero-order valence-corrected chi connectivity index (χ0v) is 18.7. The summed E-state index contributed by atoms with van der Waals surface area (Å²) in [6.45, 7) is 0.802. The van der Waals surface area contributed by atoms with E-state index in [1.54, 1.807) is 7.11 Å². The summed E-state index contributed by atoms with van der Waals surface area (Å²) in [5, 5.41) is 13.1. The Hall–Kier alpha value is -3.44. The van der Waals surface area contributed by atoms with E-state index in [0.29, 0.717) is 13.2 Å². The summed E-state index contributed by atoms with van der Waals surface area (Å²) in [6.07, 6.45) is 0. The quantitative estimate of drug-likeness (QED) is 0.289. The molecule has 0 saturated heterocycles. The van der Waals surface area contributed by atoms with Gasteiger partial charge in [0, 0.05) is 5.56 Å². The van der Waals surface area contributed by atoms with Crippen molar-refractivity contribution in [1.82, 2.24) is 5.06 Å². The fourth-order valence-electron chi connectivity index (χ4n) is 4.05. The minimum absolute atomic E-state index is 0.327. The number of ether oxygens (including phenoxy) is 2. The van der Waals surface area contributed by atoms with E-state index < -0.39 is 6.04 Å². The minimum atomic E-state index is -0.437. The second kappa shape index (κ2) is 11.4. The Labute approximate surface area is 195 Å². The Morgan fingerprint density at radius 2 is 1.24 bits per heavy atom. The van der Waals surface area contributed by atoms with Gasteiger partial charge in [0.1, 0.15) is 5.75 Å². The molecule has 33 heavy (non-hydrogen) atoms. The molecule has 168 valence electrons. The highest BCUT2D eigenvalue weighted by Crippen LogP contribution is 2.38. The molecule has 0 saturated carbocycles. The number of methoxy groups -OCH3 is 1. The Bertz CT molecular complexity index is 1100. The second-order valence-corrected chi connectivity index (χ2v) is 7.86. The van der Waals surface area contributed by atoms with Gasteiger partial charge in [-0.3, -0.25) is 0 Å². The highest BCUT2D eigenvalue weighted by molar-refractivity contribution is 5.42. The molecular formula is C29H29NO3. The number of benzene rings is 4. The highest BCUT2D eigenvalue weighted by Gasteiger charge is 2.31. The van der Waals surface area contributed by atoms with E-state index in [0.717, 1.165) is 28.0 Å². The van der Waals surface area contributed by atoms with Crippen LogP contribution < -0.4 is 4.74 Å². The van der Waals surface area contributed by atoms with Crippen molar-refractivity contribution in [1.29, 1.82) is 0 Å². The first-order valence-corrected chi connectivity index (χ1v) is 11.1. The smallest absolute Gasteiger partial charge is 0.124 e. The van der Waals surface area contributed by atoms with Crippen LogP contribution >= 0.6 is 0 Å². The van der Waals surface area contributed by atoms with Gasteiger partial charge < -0.3 is 14.7 Å². The van der Waals surface area contributed by atoms with Crippen LogP contribution in [-0.4, -0.2) is 24.0 Å². The summed E-state index contributed by atoms with van der Waals surface area (Å²) in [4.78, 5) is 0. The zero-order chi connectivity index (χ0) is 22.9. The first-order valence-electron chi connectivity index (χ1n) is 11.1. The molecule has 0 unspecified atom stereocenters. The Balaban J connectivity index is 1.68. The van der Waals surface area contributed by atoms with Crippen LogP contribution in [0, 0.1) is 0 Å². The summed E-state index contributed by atoms with van der Waals surface area (Å²) in [5.41, 5.74) is 3.92. The number of para-hydroxylation sites is 1. The minimum Gasteiger partial charge on any atom is -0.496 e. The molecule has 4 aromatic rings. The molecule has 0 aliphatic heterocycles.